The molecule has 5 heteroatoms. The van der Waals surface area contributed by atoms with E-state index in [9.17, 15) is 9.90 Å². The normalized spacial score (nSPS) is 14.4. The predicted molar refractivity (Wildman–Crippen MR) is 90.4 cm³/mol. The summed E-state index contributed by atoms with van der Waals surface area (Å²) in [5, 5.41) is 13.4. The molecule has 0 fully saturated rings. The first kappa shape index (κ1) is 19.5. The SMILES string of the molecule is CC(C)Oc1ccccc1CNC[C@@](C)(O)C(=O)OC(C)(C)C. The number of para-hydroxylation sites is 1. The molecule has 0 bridgehead atoms. The number of carbonyl (C=O) groups excluding carboxylic acids is 1. The van der Waals surface area contributed by atoms with E-state index in [-0.39, 0.29) is 12.6 Å². The number of rotatable bonds is 7. The number of ether oxygens (including phenoxy) is 2. The molecule has 0 aliphatic carbocycles. The quantitative estimate of drug-likeness (QED) is 0.755. The third kappa shape index (κ3) is 7.01. The Labute approximate surface area is 139 Å². The molecule has 1 aromatic carbocycles. The lowest BCUT2D eigenvalue weighted by atomic mass is 10.1. The Morgan fingerprint density at radius 2 is 1.83 bits per heavy atom. The van der Waals surface area contributed by atoms with Crippen LogP contribution in [-0.4, -0.2) is 34.9 Å². The van der Waals surface area contributed by atoms with E-state index in [1.165, 1.54) is 6.92 Å². The van der Waals surface area contributed by atoms with E-state index in [4.69, 9.17) is 9.47 Å². The molecule has 0 aliphatic rings. The minimum atomic E-state index is -1.58. The molecule has 5 nitrogen and oxygen atoms in total. The van der Waals surface area contributed by atoms with Gasteiger partial charge in [-0.3, -0.25) is 0 Å². The van der Waals surface area contributed by atoms with E-state index in [1.807, 2.05) is 38.1 Å². The maximum atomic E-state index is 12.0. The molecule has 23 heavy (non-hydrogen) atoms. The average Bonchev–Trinajstić information content (AvgIpc) is 2.38. The summed E-state index contributed by atoms with van der Waals surface area (Å²) in [6, 6.07) is 7.70. The molecule has 0 unspecified atom stereocenters. The third-order valence-electron chi connectivity index (χ3n) is 2.96. The minimum Gasteiger partial charge on any atom is -0.491 e. The molecular formula is C18H29NO4. The maximum Gasteiger partial charge on any atom is 0.339 e. The highest BCUT2D eigenvalue weighted by Gasteiger charge is 2.34. The zero-order valence-corrected chi connectivity index (χ0v) is 15.0. The van der Waals surface area contributed by atoms with Crippen molar-refractivity contribution in [1.29, 1.82) is 0 Å². The Bertz CT molecular complexity index is 518. The van der Waals surface area contributed by atoms with Crippen molar-refractivity contribution in [2.75, 3.05) is 6.54 Å². The molecule has 1 atom stereocenters. The van der Waals surface area contributed by atoms with E-state index in [0.29, 0.717) is 6.54 Å². The average molecular weight is 323 g/mol. The first-order valence-electron chi connectivity index (χ1n) is 7.92. The number of hydrogen-bond acceptors (Lipinski definition) is 5. The van der Waals surface area contributed by atoms with Gasteiger partial charge in [-0.15, -0.1) is 0 Å². The Balaban J connectivity index is 2.61. The summed E-state index contributed by atoms with van der Waals surface area (Å²) in [6.07, 6.45) is 0.0843. The predicted octanol–water partition coefficient (Wildman–Crippen LogP) is 2.66. The number of benzene rings is 1. The van der Waals surface area contributed by atoms with Crippen LogP contribution < -0.4 is 10.1 Å². The van der Waals surface area contributed by atoms with Crippen molar-refractivity contribution in [1.82, 2.24) is 5.32 Å². The van der Waals surface area contributed by atoms with E-state index >= 15 is 0 Å². The van der Waals surface area contributed by atoms with E-state index < -0.39 is 17.2 Å². The van der Waals surface area contributed by atoms with Gasteiger partial charge in [0.2, 0.25) is 0 Å². The Hall–Kier alpha value is -1.59. The monoisotopic (exact) mass is 323 g/mol. The molecule has 0 aromatic heterocycles. The van der Waals surface area contributed by atoms with Gasteiger partial charge in [0.1, 0.15) is 11.4 Å². The molecule has 0 saturated heterocycles. The Kier molecular flexibility index (Phi) is 6.59. The molecule has 2 N–H and O–H groups in total. The number of hydrogen-bond donors (Lipinski definition) is 2. The van der Waals surface area contributed by atoms with Crippen LogP contribution in [0.4, 0.5) is 0 Å². The van der Waals surface area contributed by atoms with Gasteiger partial charge in [0.25, 0.3) is 0 Å². The minimum absolute atomic E-state index is 0.0843. The molecule has 1 rings (SSSR count). The van der Waals surface area contributed by atoms with Crippen LogP contribution in [-0.2, 0) is 16.1 Å². The summed E-state index contributed by atoms with van der Waals surface area (Å²) < 4.78 is 11.0. The first-order valence-corrected chi connectivity index (χ1v) is 7.92. The smallest absolute Gasteiger partial charge is 0.339 e. The Morgan fingerprint density at radius 3 is 2.39 bits per heavy atom. The molecular weight excluding hydrogens is 294 g/mol. The van der Waals surface area contributed by atoms with E-state index in [0.717, 1.165) is 11.3 Å². The first-order chi connectivity index (χ1) is 10.5. The number of carbonyl (C=O) groups is 1. The molecule has 0 saturated carbocycles. The third-order valence-corrected chi connectivity index (χ3v) is 2.96. The van der Waals surface area contributed by atoms with Crippen LogP contribution in [0.3, 0.4) is 0 Å². The standard InChI is InChI=1S/C18H29NO4/c1-13(2)22-15-10-8-7-9-14(15)11-19-12-18(6,21)16(20)23-17(3,4)5/h7-10,13,19,21H,11-12H2,1-6H3/t18-/m1/s1. The topological polar surface area (TPSA) is 67.8 Å². The fourth-order valence-electron chi connectivity index (χ4n) is 1.92. The van der Waals surface area contributed by atoms with Crippen LogP contribution in [0, 0.1) is 0 Å². The van der Waals surface area contributed by atoms with Gasteiger partial charge in [-0.2, -0.15) is 0 Å². The highest BCUT2D eigenvalue weighted by molar-refractivity contribution is 5.79. The van der Waals surface area contributed by atoms with Crippen molar-refractivity contribution < 1.29 is 19.4 Å². The molecule has 0 aliphatic heterocycles. The Morgan fingerprint density at radius 1 is 1.22 bits per heavy atom. The fraction of sp³-hybridized carbons (Fsp3) is 0.611. The second-order valence-corrected chi connectivity index (χ2v) is 7.15. The van der Waals surface area contributed by atoms with E-state index in [2.05, 4.69) is 5.32 Å². The summed E-state index contributed by atoms with van der Waals surface area (Å²) in [4.78, 5) is 12.0. The van der Waals surface area contributed by atoms with E-state index in [1.54, 1.807) is 20.8 Å². The van der Waals surface area contributed by atoms with Crippen LogP contribution in [0.2, 0.25) is 0 Å². The van der Waals surface area contributed by atoms with Gasteiger partial charge in [0.15, 0.2) is 5.60 Å². The van der Waals surface area contributed by atoms with Gasteiger partial charge in [-0.05, 0) is 47.6 Å². The van der Waals surface area contributed by atoms with Crippen LogP contribution in [0.25, 0.3) is 0 Å². The summed E-state index contributed by atoms with van der Waals surface area (Å²) in [7, 11) is 0. The van der Waals surface area contributed by atoms with Crippen molar-refractivity contribution in [2.45, 2.75) is 65.4 Å². The highest BCUT2D eigenvalue weighted by Crippen LogP contribution is 2.19. The van der Waals surface area contributed by atoms with Crippen LogP contribution in [0.5, 0.6) is 5.75 Å². The molecule has 1 aromatic rings. The zero-order valence-electron chi connectivity index (χ0n) is 15.0. The van der Waals surface area contributed by atoms with Crippen molar-refractivity contribution >= 4 is 5.97 Å². The lowest BCUT2D eigenvalue weighted by Crippen LogP contribution is -2.48. The van der Waals surface area contributed by atoms with Gasteiger partial charge in [-0.25, -0.2) is 4.79 Å². The molecule has 0 radical (unpaired) electrons. The van der Waals surface area contributed by atoms with Gasteiger partial charge in [-0.1, -0.05) is 18.2 Å². The lowest BCUT2D eigenvalue weighted by Gasteiger charge is -2.27. The molecule has 130 valence electrons. The van der Waals surface area contributed by atoms with Gasteiger partial charge in [0.05, 0.1) is 6.10 Å². The van der Waals surface area contributed by atoms with Crippen molar-refractivity contribution in [3.63, 3.8) is 0 Å². The maximum absolute atomic E-state index is 12.0. The number of esters is 1. The number of nitrogens with one attached hydrogen (secondary N) is 1. The summed E-state index contributed by atoms with van der Waals surface area (Å²) in [5.74, 6) is 0.163. The summed E-state index contributed by atoms with van der Waals surface area (Å²) >= 11 is 0. The van der Waals surface area contributed by atoms with Crippen LogP contribution >= 0.6 is 0 Å². The molecule has 0 heterocycles. The van der Waals surface area contributed by atoms with Gasteiger partial charge in [0, 0.05) is 18.7 Å². The molecule has 0 amide bonds. The van der Waals surface area contributed by atoms with Crippen molar-refractivity contribution in [3.05, 3.63) is 29.8 Å². The largest absolute Gasteiger partial charge is 0.491 e. The summed E-state index contributed by atoms with van der Waals surface area (Å²) in [5.41, 5.74) is -1.24. The number of aliphatic hydroxyl groups is 1. The second-order valence-electron chi connectivity index (χ2n) is 7.15. The van der Waals surface area contributed by atoms with Crippen LogP contribution in [0.1, 0.15) is 47.1 Å². The van der Waals surface area contributed by atoms with Gasteiger partial charge < -0.3 is 19.9 Å². The van der Waals surface area contributed by atoms with Crippen molar-refractivity contribution in [3.8, 4) is 5.75 Å². The van der Waals surface area contributed by atoms with Gasteiger partial charge >= 0.3 is 5.97 Å². The van der Waals surface area contributed by atoms with Crippen LogP contribution in [0.15, 0.2) is 24.3 Å². The van der Waals surface area contributed by atoms with Crippen molar-refractivity contribution in [2.24, 2.45) is 0 Å². The lowest BCUT2D eigenvalue weighted by molar-refractivity contribution is -0.174. The fourth-order valence-corrected chi connectivity index (χ4v) is 1.92. The summed E-state index contributed by atoms with van der Waals surface area (Å²) in [6.45, 7) is 11.3. The zero-order chi connectivity index (χ0) is 17.7. The molecule has 0 spiro atoms. The highest BCUT2D eigenvalue weighted by atomic mass is 16.6. The second kappa shape index (κ2) is 7.79.